The Bertz CT molecular complexity index is 1050. The SMILES string of the molecule is CC(OC(=O)C1CCN(C(=O)c2ccc(Cl)cc2)CC1)c1nc(-c2cccnc2)no1. The predicted molar refractivity (Wildman–Crippen MR) is 112 cm³/mol. The second kappa shape index (κ2) is 9.26. The average molecular weight is 441 g/mol. The van der Waals surface area contributed by atoms with Gasteiger partial charge >= 0.3 is 5.97 Å². The van der Waals surface area contributed by atoms with Gasteiger partial charge in [-0.1, -0.05) is 16.8 Å². The molecule has 1 saturated heterocycles. The summed E-state index contributed by atoms with van der Waals surface area (Å²) in [5.74, 6) is -0.0575. The highest BCUT2D eigenvalue weighted by Crippen LogP contribution is 2.25. The minimum absolute atomic E-state index is 0.0642. The molecule has 0 N–H and O–H groups in total. The van der Waals surface area contributed by atoms with E-state index in [9.17, 15) is 9.59 Å². The zero-order valence-corrected chi connectivity index (χ0v) is 17.7. The monoisotopic (exact) mass is 440 g/mol. The van der Waals surface area contributed by atoms with Crippen LogP contribution in [0.2, 0.25) is 5.02 Å². The number of pyridine rings is 1. The number of piperidine rings is 1. The molecule has 4 rings (SSSR count). The highest BCUT2D eigenvalue weighted by atomic mass is 35.5. The van der Waals surface area contributed by atoms with Crippen LogP contribution in [0.1, 0.15) is 42.1 Å². The Labute approximate surface area is 184 Å². The second-order valence-electron chi connectivity index (χ2n) is 7.35. The van der Waals surface area contributed by atoms with Crippen LogP contribution in [0.3, 0.4) is 0 Å². The van der Waals surface area contributed by atoms with Gasteiger partial charge in [0.2, 0.25) is 5.82 Å². The van der Waals surface area contributed by atoms with Crippen LogP contribution in [0.4, 0.5) is 0 Å². The topological polar surface area (TPSA) is 98.4 Å². The molecule has 1 aliphatic heterocycles. The number of esters is 1. The van der Waals surface area contributed by atoms with E-state index in [-0.39, 0.29) is 23.7 Å². The molecule has 0 bridgehead atoms. The number of hydrogen-bond acceptors (Lipinski definition) is 7. The summed E-state index contributed by atoms with van der Waals surface area (Å²) in [5, 5.41) is 4.51. The summed E-state index contributed by atoms with van der Waals surface area (Å²) in [6, 6.07) is 10.4. The van der Waals surface area contributed by atoms with Gasteiger partial charge in [-0.15, -0.1) is 0 Å². The number of amides is 1. The van der Waals surface area contributed by atoms with E-state index in [1.165, 1.54) is 0 Å². The van der Waals surface area contributed by atoms with Gasteiger partial charge < -0.3 is 14.2 Å². The molecule has 0 spiro atoms. The highest BCUT2D eigenvalue weighted by molar-refractivity contribution is 6.30. The number of carbonyl (C=O) groups excluding carboxylic acids is 2. The van der Waals surface area contributed by atoms with Crippen LogP contribution in [0.25, 0.3) is 11.4 Å². The third-order valence-corrected chi connectivity index (χ3v) is 5.46. The van der Waals surface area contributed by atoms with E-state index in [1.807, 2.05) is 6.07 Å². The average Bonchev–Trinajstić information content (AvgIpc) is 3.30. The molecule has 1 aromatic carbocycles. The molecule has 9 heteroatoms. The predicted octanol–water partition coefficient (Wildman–Crippen LogP) is 3.94. The van der Waals surface area contributed by atoms with Crippen molar-refractivity contribution in [3.63, 3.8) is 0 Å². The van der Waals surface area contributed by atoms with Crippen molar-refractivity contribution in [2.24, 2.45) is 5.92 Å². The molecular formula is C22H21ClN4O4. The van der Waals surface area contributed by atoms with Gasteiger partial charge in [0.15, 0.2) is 6.10 Å². The number of halogens is 1. The molecule has 2 aromatic heterocycles. The molecule has 1 amide bonds. The number of nitrogens with zero attached hydrogens (tertiary/aromatic N) is 4. The van der Waals surface area contributed by atoms with E-state index in [0.717, 1.165) is 0 Å². The molecule has 0 saturated carbocycles. The summed E-state index contributed by atoms with van der Waals surface area (Å²) in [7, 11) is 0. The van der Waals surface area contributed by atoms with Crippen molar-refractivity contribution < 1.29 is 18.8 Å². The fourth-order valence-corrected chi connectivity index (χ4v) is 3.55. The smallest absolute Gasteiger partial charge is 0.309 e. The van der Waals surface area contributed by atoms with Crippen molar-refractivity contribution >= 4 is 23.5 Å². The summed E-state index contributed by atoms with van der Waals surface area (Å²) >= 11 is 5.88. The molecule has 1 unspecified atom stereocenters. The number of benzene rings is 1. The van der Waals surface area contributed by atoms with Gasteiger partial charge in [-0.2, -0.15) is 4.98 Å². The van der Waals surface area contributed by atoms with E-state index in [4.69, 9.17) is 20.9 Å². The highest BCUT2D eigenvalue weighted by Gasteiger charge is 2.31. The van der Waals surface area contributed by atoms with Crippen LogP contribution < -0.4 is 0 Å². The number of hydrogen-bond donors (Lipinski definition) is 0. The number of likely N-dealkylation sites (tertiary alicyclic amines) is 1. The van der Waals surface area contributed by atoms with Crippen LogP contribution in [-0.2, 0) is 9.53 Å². The fourth-order valence-electron chi connectivity index (χ4n) is 3.43. The second-order valence-corrected chi connectivity index (χ2v) is 7.79. The summed E-state index contributed by atoms with van der Waals surface area (Å²) < 4.78 is 10.8. The lowest BCUT2D eigenvalue weighted by Gasteiger charge is -2.31. The first-order chi connectivity index (χ1) is 15.0. The maximum absolute atomic E-state index is 12.6. The lowest BCUT2D eigenvalue weighted by atomic mass is 9.96. The molecule has 0 aliphatic carbocycles. The number of rotatable bonds is 5. The minimum Gasteiger partial charge on any atom is -0.452 e. The minimum atomic E-state index is -0.667. The van der Waals surface area contributed by atoms with Gasteiger partial charge in [0.1, 0.15) is 0 Å². The number of ether oxygens (including phenoxy) is 1. The van der Waals surface area contributed by atoms with Gasteiger partial charge in [-0.05, 0) is 56.2 Å². The van der Waals surface area contributed by atoms with Crippen LogP contribution in [0, 0.1) is 5.92 Å². The Morgan fingerprint density at radius 1 is 1.19 bits per heavy atom. The molecule has 3 heterocycles. The van der Waals surface area contributed by atoms with Gasteiger partial charge in [0.25, 0.3) is 11.8 Å². The van der Waals surface area contributed by atoms with Gasteiger partial charge in [0, 0.05) is 41.6 Å². The molecule has 3 aromatic rings. The molecule has 160 valence electrons. The molecule has 1 aliphatic rings. The van der Waals surface area contributed by atoms with Crippen molar-refractivity contribution in [2.45, 2.75) is 25.9 Å². The lowest BCUT2D eigenvalue weighted by molar-refractivity contribution is -0.156. The maximum atomic E-state index is 12.6. The van der Waals surface area contributed by atoms with Crippen LogP contribution in [0.15, 0.2) is 53.3 Å². The first kappa shape index (κ1) is 21.0. The van der Waals surface area contributed by atoms with E-state index < -0.39 is 6.10 Å². The van der Waals surface area contributed by atoms with Crippen LogP contribution in [-0.4, -0.2) is 45.0 Å². The molecule has 0 radical (unpaired) electrons. The number of carbonyl (C=O) groups is 2. The van der Waals surface area contributed by atoms with Gasteiger partial charge in [0.05, 0.1) is 5.92 Å². The quantitative estimate of drug-likeness (QED) is 0.554. The Balaban J connectivity index is 1.30. The van der Waals surface area contributed by atoms with Gasteiger partial charge in [-0.25, -0.2) is 0 Å². The lowest BCUT2D eigenvalue weighted by Crippen LogP contribution is -2.40. The van der Waals surface area contributed by atoms with E-state index in [0.29, 0.717) is 47.9 Å². The van der Waals surface area contributed by atoms with Crippen molar-refractivity contribution in [1.29, 1.82) is 0 Å². The van der Waals surface area contributed by atoms with Crippen molar-refractivity contribution in [1.82, 2.24) is 20.0 Å². The van der Waals surface area contributed by atoms with E-state index >= 15 is 0 Å². The van der Waals surface area contributed by atoms with Gasteiger partial charge in [-0.3, -0.25) is 14.6 Å². The first-order valence-corrected chi connectivity index (χ1v) is 10.4. The zero-order valence-electron chi connectivity index (χ0n) is 16.9. The summed E-state index contributed by atoms with van der Waals surface area (Å²) in [6.45, 7) is 2.67. The number of aromatic nitrogens is 3. The summed E-state index contributed by atoms with van der Waals surface area (Å²) in [4.78, 5) is 35.3. The van der Waals surface area contributed by atoms with Crippen LogP contribution in [0.5, 0.6) is 0 Å². The largest absolute Gasteiger partial charge is 0.452 e. The van der Waals surface area contributed by atoms with Crippen molar-refractivity contribution in [3.8, 4) is 11.4 Å². The maximum Gasteiger partial charge on any atom is 0.309 e. The Hall–Kier alpha value is -3.26. The first-order valence-electron chi connectivity index (χ1n) is 10.0. The molecule has 1 atom stereocenters. The van der Waals surface area contributed by atoms with Crippen molar-refractivity contribution in [3.05, 3.63) is 65.3 Å². The van der Waals surface area contributed by atoms with Crippen molar-refractivity contribution in [2.75, 3.05) is 13.1 Å². The third-order valence-electron chi connectivity index (χ3n) is 5.21. The van der Waals surface area contributed by atoms with E-state index in [1.54, 1.807) is 54.5 Å². The summed E-state index contributed by atoms with van der Waals surface area (Å²) in [5.41, 5.74) is 1.30. The fraction of sp³-hybridized carbons (Fsp3) is 0.318. The zero-order chi connectivity index (χ0) is 21.8. The molecule has 31 heavy (non-hydrogen) atoms. The van der Waals surface area contributed by atoms with E-state index in [2.05, 4.69) is 15.1 Å². The van der Waals surface area contributed by atoms with Crippen LogP contribution >= 0.6 is 11.6 Å². The standard InChI is InChI=1S/C22H21ClN4O4/c1-14(20-25-19(26-31-20)17-3-2-10-24-13-17)30-22(29)16-8-11-27(12-9-16)21(28)15-4-6-18(23)7-5-15/h2-7,10,13-14,16H,8-9,11-12H2,1H3. The molecule has 1 fully saturated rings. The normalized spacial score (nSPS) is 15.5. The third kappa shape index (κ3) is 4.91. The summed E-state index contributed by atoms with van der Waals surface area (Å²) in [6.07, 6.45) is 3.69. The Morgan fingerprint density at radius 3 is 2.61 bits per heavy atom. The molecular weight excluding hydrogens is 420 g/mol. The Morgan fingerprint density at radius 2 is 1.94 bits per heavy atom. The Kier molecular flexibility index (Phi) is 6.27. The molecule has 8 nitrogen and oxygen atoms in total.